The van der Waals surface area contributed by atoms with Crippen LogP contribution in [-0.2, 0) is 6.42 Å². The van der Waals surface area contributed by atoms with Crippen LogP contribution in [0.3, 0.4) is 0 Å². The first-order valence-corrected chi connectivity index (χ1v) is 12.8. The van der Waals surface area contributed by atoms with Crippen LogP contribution in [0.25, 0.3) is 6.08 Å². The summed E-state index contributed by atoms with van der Waals surface area (Å²) in [7, 11) is 0. The fraction of sp³-hybridized carbons (Fsp3) is 0.444. The van der Waals surface area contributed by atoms with E-state index in [9.17, 15) is 19.5 Å². The molecule has 7 nitrogen and oxygen atoms in total. The van der Waals surface area contributed by atoms with Crippen LogP contribution in [0, 0.1) is 6.92 Å². The van der Waals surface area contributed by atoms with Crippen molar-refractivity contribution in [1.29, 1.82) is 0 Å². The second-order valence-electron chi connectivity index (χ2n) is 8.74. The van der Waals surface area contributed by atoms with E-state index in [1.807, 2.05) is 13.8 Å². The van der Waals surface area contributed by atoms with Gasteiger partial charge in [-0.15, -0.1) is 11.3 Å². The van der Waals surface area contributed by atoms with Crippen molar-refractivity contribution in [3.8, 4) is 5.75 Å². The minimum Gasteiger partial charge on any atom is -0.507 e. The zero-order valence-corrected chi connectivity index (χ0v) is 21.7. The number of Topliss-reactive ketones (excluding diaryl/α,β-unsaturated/α-hetero) is 1. The Morgan fingerprint density at radius 1 is 1.26 bits per heavy atom. The molecule has 1 atom stereocenters. The van der Waals surface area contributed by atoms with Crippen molar-refractivity contribution in [2.24, 2.45) is 0 Å². The molecule has 0 aliphatic rings. The third-order valence-corrected chi connectivity index (χ3v) is 7.02. The van der Waals surface area contributed by atoms with E-state index in [2.05, 4.69) is 17.6 Å². The molecule has 0 bridgehead atoms. The van der Waals surface area contributed by atoms with Crippen LogP contribution in [0.15, 0.2) is 38.5 Å². The molecule has 1 amide bonds. The molecule has 1 unspecified atom stereocenters. The molecule has 3 N–H and O–H groups in total. The van der Waals surface area contributed by atoms with Gasteiger partial charge in [-0.1, -0.05) is 39.2 Å². The summed E-state index contributed by atoms with van der Waals surface area (Å²) in [6, 6.07) is 1.32. The molecule has 2 aromatic rings. The minimum atomic E-state index is -1.15. The number of carbonyl (C=O) groups is 2. The Morgan fingerprint density at radius 3 is 2.66 bits per heavy atom. The van der Waals surface area contributed by atoms with E-state index in [1.54, 1.807) is 30.4 Å². The van der Waals surface area contributed by atoms with Crippen LogP contribution in [0.1, 0.15) is 97.3 Å². The lowest BCUT2D eigenvalue weighted by Gasteiger charge is -2.11. The number of thiophene rings is 1. The molecule has 0 fully saturated rings. The third-order valence-electron chi connectivity index (χ3n) is 5.94. The first-order valence-electron chi connectivity index (χ1n) is 12.0. The van der Waals surface area contributed by atoms with Gasteiger partial charge in [0.2, 0.25) is 0 Å². The fourth-order valence-electron chi connectivity index (χ4n) is 3.71. The van der Waals surface area contributed by atoms with E-state index in [0.717, 1.165) is 23.3 Å². The molecule has 190 valence electrons. The minimum absolute atomic E-state index is 0.214. The smallest absolute Gasteiger partial charge is 0.408 e. The molecular weight excluding hydrogens is 466 g/mol. The number of aromatic hydroxyl groups is 1. The number of carbonyl (C=O) groups excluding carboxylic acids is 1. The van der Waals surface area contributed by atoms with Crippen molar-refractivity contribution >= 4 is 29.3 Å². The Kier molecular flexibility index (Phi) is 11.0. The zero-order chi connectivity index (χ0) is 26.0. The van der Waals surface area contributed by atoms with E-state index < -0.39 is 23.3 Å². The number of hydrogen-bond acceptors (Lipinski definition) is 6. The topological polar surface area (TPSA) is 117 Å². The molecule has 2 rings (SSSR count). The molecule has 0 aliphatic heterocycles. The lowest BCUT2D eigenvalue weighted by molar-refractivity contribution is 0.102. The van der Waals surface area contributed by atoms with Crippen LogP contribution in [0.5, 0.6) is 5.75 Å². The number of aryl methyl sites for hydroxylation is 1. The van der Waals surface area contributed by atoms with Gasteiger partial charge in [0.05, 0.1) is 0 Å². The Morgan fingerprint density at radius 2 is 2.00 bits per heavy atom. The maximum atomic E-state index is 13.0. The Hall–Kier alpha value is -3.13. The number of nitrogens with one attached hydrogen (secondary N) is 1. The Labute approximate surface area is 210 Å². The summed E-state index contributed by atoms with van der Waals surface area (Å²) < 4.78 is 5.36. The molecule has 0 aromatic carbocycles. The number of rotatable bonds is 13. The standard InChI is InChI=1S/C27H35NO6S/c1-5-6-7-8-12-20-16-35-23(19(20)4)14-18(3)25(30)24-21(29)15-22(34-26(24)31)17(2)11-9-10-13-28-27(32)33/h10,13-17,28-29H,5-9,11-12H2,1-4H3,(H,32,33)/b13-10+,18-14+. The van der Waals surface area contributed by atoms with Crippen molar-refractivity contribution in [2.45, 2.75) is 78.6 Å². The monoisotopic (exact) mass is 501 g/mol. The van der Waals surface area contributed by atoms with Gasteiger partial charge >= 0.3 is 11.7 Å². The Balaban J connectivity index is 2.12. The predicted octanol–water partition coefficient (Wildman–Crippen LogP) is 6.79. The summed E-state index contributed by atoms with van der Waals surface area (Å²) in [5.74, 6) is -0.903. The normalized spacial score (nSPS) is 12.7. The van der Waals surface area contributed by atoms with Gasteiger partial charge in [0.25, 0.3) is 0 Å². The number of amides is 1. The summed E-state index contributed by atoms with van der Waals surface area (Å²) >= 11 is 1.57. The second-order valence-corrected chi connectivity index (χ2v) is 9.66. The molecule has 8 heteroatoms. The van der Waals surface area contributed by atoms with E-state index in [4.69, 9.17) is 9.52 Å². The predicted molar refractivity (Wildman–Crippen MR) is 139 cm³/mol. The van der Waals surface area contributed by atoms with Gasteiger partial charge in [0, 0.05) is 23.1 Å². The van der Waals surface area contributed by atoms with Gasteiger partial charge in [-0.25, -0.2) is 9.59 Å². The molecule has 0 radical (unpaired) electrons. The van der Waals surface area contributed by atoms with Crippen LogP contribution in [0.2, 0.25) is 0 Å². The summed E-state index contributed by atoms with van der Waals surface area (Å²) in [4.78, 5) is 37.0. The maximum Gasteiger partial charge on any atom is 0.408 e. The quantitative estimate of drug-likeness (QED) is 0.158. The first kappa shape index (κ1) is 28.1. The molecule has 0 spiro atoms. The molecule has 0 aliphatic carbocycles. The largest absolute Gasteiger partial charge is 0.507 e. The van der Waals surface area contributed by atoms with Crippen LogP contribution < -0.4 is 10.9 Å². The summed E-state index contributed by atoms with van der Waals surface area (Å²) in [5, 5.41) is 23.3. The average molecular weight is 502 g/mol. The van der Waals surface area contributed by atoms with Crippen molar-refractivity contribution in [2.75, 3.05) is 0 Å². The number of hydrogen-bond donors (Lipinski definition) is 3. The lowest BCUT2D eigenvalue weighted by Crippen LogP contribution is -2.16. The summed E-state index contributed by atoms with van der Waals surface area (Å²) in [6.45, 7) is 7.69. The fourth-order valence-corrected chi connectivity index (χ4v) is 4.83. The maximum absolute atomic E-state index is 13.0. The number of carboxylic acid groups (broad SMARTS) is 1. The summed E-state index contributed by atoms with van der Waals surface area (Å²) in [5.41, 5.74) is 1.55. The van der Waals surface area contributed by atoms with Gasteiger partial charge < -0.3 is 14.6 Å². The van der Waals surface area contributed by atoms with Crippen LogP contribution in [-0.4, -0.2) is 22.1 Å². The van der Waals surface area contributed by atoms with E-state index >= 15 is 0 Å². The van der Waals surface area contributed by atoms with Crippen molar-refractivity contribution in [3.63, 3.8) is 0 Å². The molecule has 2 aromatic heterocycles. The first-order chi connectivity index (χ1) is 16.6. The SMILES string of the molecule is CCCCCCc1csc(/C=C(\C)C(=O)c2c(O)cc(C(C)CC/C=C/NC(=O)O)oc2=O)c1C. The van der Waals surface area contributed by atoms with E-state index in [0.29, 0.717) is 18.4 Å². The van der Waals surface area contributed by atoms with Gasteiger partial charge in [0.15, 0.2) is 5.78 Å². The van der Waals surface area contributed by atoms with Gasteiger partial charge in [-0.2, -0.15) is 0 Å². The van der Waals surface area contributed by atoms with Gasteiger partial charge in [0.1, 0.15) is 17.1 Å². The number of ketones is 1. The molecule has 2 heterocycles. The lowest BCUT2D eigenvalue weighted by atomic mass is 9.99. The second kappa shape index (κ2) is 13.7. The molecular formula is C27H35NO6S. The van der Waals surface area contributed by atoms with E-state index in [1.165, 1.54) is 37.1 Å². The average Bonchev–Trinajstić information content (AvgIpc) is 3.14. The van der Waals surface area contributed by atoms with Crippen LogP contribution in [0.4, 0.5) is 4.79 Å². The molecule has 0 saturated heterocycles. The zero-order valence-electron chi connectivity index (χ0n) is 20.8. The van der Waals surface area contributed by atoms with Gasteiger partial charge in [-0.3, -0.25) is 10.1 Å². The molecule has 35 heavy (non-hydrogen) atoms. The summed E-state index contributed by atoms with van der Waals surface area (Å²) in [6.07, 6.45) is 10.5. The highest BCUT2D eigenvalue weighted by molar-refractivity contribution is 7.11. The van der Waals surface area contributed by atoms with Crippen molar-refractivity contribution in [3.05, 3.63) is 67.0 Å². The van der Waals surface area contributed by atoms with E-state index in [-0.39, 0.29) is 17.2 Å². The van der Waals surface area contributed by atoms with Gasteiger partial charge in [-0.05, 0) is 67.7 Å². The third kappa shape index (κ3) is 8.24. The Bertz CT molecular complexity index is 1140. The highest BCUT2D eigenvalue weighted by Crippen LogP contribution is 2.29. The highest BCUT2D eigenvalue weighted by Gasteiger charge is 2.22. The molecule has 0 saturated carbocycles. The highest BCUT2D eigenvalue weighted by atomic mass is 32.1. The van der Waals surface area contributed by atoms with Crippen molar-refractivity contribution < 1.29 is 24.2 Å². The number of allylic oxidation sites excluding steroid dienone is 2. The number of unbranched alkanes of at least 4 members (excludes halogenated alkanes) is 3. The van der Waals surface area contributed by atoms with Crippen molar-refractivity contribution in [1.82, 2.24) is 5.32 Å². The van der Waals surface area contributed by atoms with Crippen LogP contribution >= 0.6 is 11.3 Å².